The van der Waals surface area contributed by atoms with Gasteiger partial charge in [0.25, 0.3) is 5.91 Å². The molecule has 0 N–H and O–H groups in total. The second-order valence-corrected chi connectivity index (χ2v) is 10.4. The number of piperidine rings is 1. The van der Waals surface area contributed by atoms with Crippen LogP contribution < -0.4 is 0 Å². The third-order valence-electron chi connectivity index (χ3n) is 6.05. The standard InChI is InChI=1S/C25H36N2O5/c1-17(2)27(23(30)32-24(3,4)5)16-18-10-9-13-26(15-18)22(29)25(6)14-19-11-7-8-12-20(19)21(28)31-25/h7-8,11-12,17-18H,9-10,13-16H2,1-6H3. The van der Waals surface area contributed by atoms with Gasteiger partial charge >= 0.3 is 12.1 Å². The minimum Gasteiger partial charge on any atom is -0.445 e. The topological polar surface area (TPSA) is 76.2 Å². The van der Waals surface area contributed by atoms with E-state index in [-0.39, 0.29) is 24.0 Å². The molecule has 3 rings (SSSR count). The molecule has 2 unspecified atom stereocenters. The first kappa shape index (κ1) is 24.1. The molecule has 32 heavy (non-hydrogen) atoms. The summed E-state index contributed by atoms with van der Waals surface area (Å²) in [6.45, 7) is 12.9. The van der Waals surface area contributed by atoms with Gasteiger partial charge in [-0.2, -0.15) is 0 Å². The zero-order chi connectivity index (χ0) is 23.7. The molecule has 2 amide bonds. The van der Waals surface area contributed by atoms with Gasteiger partial charge in [0.1, 0.15) is 5.60 Å². The summed E-state index contributed by atoms with van der Waals surface area (Å²) in [6, 6.07) is 7.27. The predicted molar refractivity (Wildman–Crippen MR) is 121 cm³/mol. The van der Waals surface area contributed by atoms with Gasteiger partial charge in [0.05, 0.1) is 5.56 Å². The van der Waals surface area contributed by atoms with Crippen molar-refractivity contribution in [2.45, 2.75) is 78.0 Å². The summed E-state index contributed by atoms with van der Waals surface area (Å²) < 4.78 is 11.2. The van der Waals surface area contributed by atoms with Crippen LogP contribution in [0.5, 0.6) is 0 Å². The highest BCUT2D eigenvalue weighted by Crippen LogP contribution is 2.31. The van der Waals surface area contributed by atoms with Gasteiger partial charge in [-0.25, -0.2) is 9.59 Å². The normalized spacial score (nSPS) is 23.4. The molecule has 2 aliphatic rings. The number of cyclic esters (lactones) is 1. The minimum atomic E-state index is -1.21. The smallest absolute Gasteiger partial charge is 0.410 e. The van der Waals surface area contributed by atoms with Crippen LogP contribution in [0.3, 0.4) is 0 Å². The molecule has 1 saturated heterocycles. The highest BCUT2D eigenvalue weighted by molar-refractivity contribution is 5.97. The van der Waals surface area contributed by atoms with E-state index >= 15 is 0 Å². The number of benzene rings is 1. The molecule has 2 heterocycles. The second kappa shape index (κ2) is 9.12. The van der Waals surface area contributed by atoms with Crippen LogP contribution in [0.25, 0.3) is 0 Å². The van der Waals surface area contributed by atoms with Crippen molar-refractivity contribution >= 4 is 18.0 Å². The van der Waals surface area contributed by atoms with Gasteiger partial charge in [-0.15, -0.1) is 0 Å². The summed E-state index contributed by atoms with van der Waals surface area (Å²) >= 11 is 0. The largest absolute Gasteiger partial charge is 0.445 e. The van der Waals surface area contributed by atoms with Gasteiger partial charge in [0.15, 0.2) is 5.60 Å². The molecule has 176 valence electrons. The van der Waals surface area contributed by atoms with Crippen molar-refractivity contribution in [3.8, 4) is 0 Å². The molecule has 7 nitrogen and oxygen atoms in total. The van der Waals surface area contributed by atoms with E-state index in [1.807, 2.05) is 46.8 Å². The highest BCUT2D eigenvalue weighted by atomic mass is 16.6. The van der Waals surface area contributed by atoms with E-state index < -0.39 is 17.2 Å². The molecule has 0 aromatic heterocycles. The number of hydrogen-bond donors (Lipinski definition) is 0. The van der Waals surface area contributed by atoms with E-state index in [2.05, 4.69) is 0 Å². The number of likely N-dealkylation sites (tertiary alicyclic amines) is 1. The number of carbonyl (C=O) groups is 3. The van der Waals surface area contributed by atoms with E-state index in [1.165, 1.54) is 0 Å². The number of ether oxygens (including phenoxy) is 2. The lowest BCUT2D eigenvalue weighted by molar-refractivity contribution is -0.153. The van der Waals surface area contributed by atoms with Crippen molar-refractivity contribution in [2.24, 2.45) is 5.92 Å². The fraction of sp³-hybridized carbons (Fsp3) is 0.640. The summed E-state index contributed by atoms with van der Waals surface area (Å²) in [7, 11) is 0. The lowest BCUT2D eigenvalue weighted by atomic mass is 9.87. The molecule has 0 saturated carbocycles. The first-order valence-corrected chi connectivity index (χ1v) is 11.5. The molecular weight excluding hydrogens is 408 g/mol. The average molecular weight is 445 g/mol. The Morgan fingerprint density at radius 3 is 2.62 bits per heavy atom. The summed E-state index contributed by atoms with van der Waals surface area (Å²) in [5, 5.41) is 0. The molecule has 1 fully saturated rings. The number of rotatable bonds is 4. The second-order valence-electron chi connectivity index (χ2n) is 10.4. The lowest BCUT2D eigenvalue weighted by Gasteiger charge is -2.41. The molecule has 1 aromatic carbocycles. The van der Waals surface area contributed by atoms with Gasteiger partial charge in [-0.1, -0.05) is 18.2 Å². The lowest BCUT2D eigenvalue weighted by Crippen LogP contribution is -2.56. The Bertz CT molecular complexity index is 875. The molecule has 7 heteroatoms. The summed E-state index contributed by atoms with van der Waals surface area (Å²) in [6.07, 6.45) is 1.80. The fourth-order valence-corrected chi connectivity index (χ4v) is 4.48. The van der Waals surface area contributed by atoms with Gasteiger partial charge in [0, 0.05) is 32.1 Å². The monoisotopic (exact) mass is 444 g/mol. The van der Waals surface area contributed by atoms with E-state index in [1.54, 1.807) is 28.9 Å². The predicted octanol–water partition coefficient (Wildman–Crippen LogP) is 4.04. The van der Waals surface area contributed by atoms with Crippen molar-refractivity contribution in [3.63, 3.8) is 0 Å². The van der Waals surface area contributed by atoms with Crippen molar-refractivity contribution in [1.29, 1.82) is 0 Å². The van der Waals surface area contributed by atoms with E-state index in [0.29, 0.717) is 31.6 Å². The van der Waals surface area contributed by atoms with Crippen molar-refractivity contribution in [3.05, 3.63) is 35.4 Å². The third kappa shape index (κ3) is 5.43. The Balaban J connectivity index is 1.69. The molecule has 0 aliphatic carbocycles. The fourth-order valence-electron chi connectivity index (χ4n) is 4.48. The maximum atomic E-state index is 13.5. The van der Waals surface area contributed by atoms with E-state index in [0.717, 1.165) is 18.4 Å². The van der Waals surface area contributed by atoms with Gasteiger partial charge in [-0.05, 0) is 71.9 Å². The Morgan fingerprint density at radius 1 is 1.28 bits per heavy atom. The number of fused-ring (bicyclic) bond motifs is 1. The summed E-state index contributed by atoms with van der Waals surface area (Å²) in [5.41, 5.74) is -0.409. The zero-order valence-electron chi connectivity index (χ0n) is 20.1. The van der Waals surface area contributed by atoms with Crippen molar-refractivity contribution in [1.82, 2.24) is 9.80 Å². The molecule has 0 spiro atoms. The first-order valence-electron chi connectivity index (χ1n) is 11.5. The van der Waals surface area contributed by atoms with Crippen LogP contribution in [0.4, 0.5) is 4.79 Å². The molecule has 2 aliphatic heterocycles. The van der Waals surface area contributed by atoms with E-state index in [4.69, 9.17) is 9.47 Å². The van der Waals surface area contributed by atoms with Crippen LogP contribution in [0.1, 0.15) is 70.3 Å². The zero-order valence-corrected chi connectivity index (χ0v) is 20.1. The first-order chi connectivity index (χ1) is 14.9. The van der Waals surface area contributed by atoms with Gasteiger partial charge < -0.3 is 19.3 Å². The summed E-state index contributed by atoms with van der Waals surface area (Å²) in [4.78, 5) is 42.2. The number of esters is 1. The van der Waals surface area contributed by atoms with Crippen LogP contribution in [0.15, 0.2) is 24.3 Å². The maximum Gasteiger partial charge on any atom is 0.410 e. The van der Waals surface area contributed by atoms with Crippen LogP contribution in [0, 0.1) is 5.92 Å². The maximum absolute atomic E-state index is 13.5. The Kier molecular flexibility index (Phi) is 6.86. The van der Waals surface area contributed by atoms with Gasteiger partial charge in [-0.3, -0.25) is 4.79 Å². The number of carbonyl (C=O) groups excluding carboxylic acids is 3. The van der Waals surface area contributed by atoms with Crippen LogP contribution in [-0.2, 0) is 20.7 Å². The minimum absolute atomic E-state index is 0.00996. The third-order valence-corrected chi connectivity index (χ3v) is 6.05. The Morgan fingerprint density at radius 2 is 1.97 bits per heavy atom. The average Bonchev–Trinajstić information content (AvgIpc) is 2.70. The number of amides is 2. The van der Waals surface area contributed by atoms with Gasteiger partial charge in [0.2, 0.25) is 0 Å². The Hall–Kier alpha value is -2.57. The quantitative estimate of drug-likeness (QED) is 0.655. The number of nitrogens with zero attached hydrogens (tertiary/aromatic N) is 2. The Labute approximate surface area is 191 Å². The van der Waals surface area contributed by atoms with E-state index in [9.17, 15) is 14.4 Å². The van der Waals surface area contributed by atoms with Crippen molar-refractivity contribution < 1.29 is 23.9 Å². The molecule has 0 radical (unpaired) electrons. The van der Waals surface area contributed by atoms with Crippen molar-refractivity contribution in [2.75, 3.05) is 19.6 Å². The van der Waals surface area contributed by atoms with Crippen LogP contribution in [0.2, 0.25) is 0 Å². The molecule has 1 aromatic rings. The number of hydrogen-bond acceptors (Lipinski definition) is 5. The molecule has 2 atom stereocenters. The molecular formula is C25H36N2O5. The highest BCUT2D eigenvalue weighted by Gasteiger charge is 2.45. The molecule has 0 bridgehead atoms. The SMILES string of the molecule is CC(C)N(CC1CCCN(C(=O)C2(C)Cc3ccccc3C(=O)O2)C1)C(=O)OC(C)(C)C. The van der Waals surface area contributed by atoms with Crippen LogP contribution >= 0.6 is 0 Å². The van der Waals surface area contributed by atoms with Crippen LogP contribution in [-0.4, -0.2) is 64.6 Å². The summed E-state index contributed by atoms with van der Waals surface area (Å²) in [5.74, 6) is -0.483.